The maximum absolute atomic E-state index is 11.1. The molecule has 5 nitrogen and oxygen atoms in total. The van der Waals surface area contributed by atoms with Crippen molar-refractivity contribution in [2.24, 2.45) is 0 Å². The fourth-order valence-electron chi connectivity index (χ4n) is 2.22. The number of aromatic nitrogens is 1. The van der Waals surface area contributed by atoms with Crippen LogP contribution in [0.15, 0.2) is 30.5 Å². The van der Waals surface area contributed by atoms with Crippen LogP contribution < -0.4 is 10.6 Å². The van der Waals surface area contributed by atoms with E-state index in [2.05, 4.69) is 53.3 Å². The minimum atomic E-state index is -0.511. The number of carbonyl (C=O) groups is 1. The van der Waals surface area contributed by atoms with E-state index in [9.17, 15) is 4.79 Å². The first kappa shape index (κ1) is 14.8. The van der Waals surface area contributed by atoms with Gasteiger partial charge in [0.2, 0.25) is 0 Å². The Hall–Kier alpha value is -2.56. The second kappa shape index (κ2) is 6.26. The van der Waals surface area contributed by atoms with Crippen LogP contribution in [0.2, 0.25) is 0 Å². The summed E-state index contributed by atoms with van der Waals surface area (Å²) in [4.78, 5) is 15.4. The van der Waals surface area contributed by atoms with Crippen molar-refractivity contribution in [3.8, 4) is 0 Å². The first-order valence-electron chi connectivity index (χ1n) is 6.65. The zero-order valence-electron chi connectivity index (χ0n) is 12.7. The second-order valence-electron chi connectivity index (χ2n) is 4.95. The topological polar surface area (TPSA) is 63.2 Å². The quantitative estimate of drug-likeness (QED) is 0.897. The van der Waals surface area contributed by atoms with E-state index < -0.39 is 6.09 Å². The van der Waals surface area contributed by atoms with Crippen molar-refractivity contribution in [3.05, 3.63) is 47.2 Å². The molecule has 0 aliphatic rings. The molecule has 0 aliphatic heterocycles. The third-order valence-corrected chi connectivity index (χ3v) is 3.13. The molecule has 0 fully saturated rings. The van der Waals surface area contributed by atoms with Crippen molar-refractivity contribution < 1.29 is 9.53 Å². The normalized spacial score (nSPS) is 10.1. The molecule has 1 aromatic carbocycles. The van der Waals surface area contributed by atoms with Crippen molar-refractivity contribution in [1.29, 1.82) is 0 Å². The third kappa shape index (κ3) is 3.72. The van der Waals surface area contributed by atoms with Gasteiger partial charge in [-0.15, -0.1) is 0 Å². The smallest absolute Gasteiger partial charge is 0.411 e. The van der Waals surface area contributed by atoms with Gasteiger partial charge in [-0.3, -0.25) is 5.32 Å². The maximum atomic E-state index is 11.1. The van der Waals surface area contributed by atoms with Crippen molar-refractivity contribution >= 4 is 23.3 Å². The van der Waals surface area contributed by atoms with Crippen LogP contribution in [0.1, 0.15) is 16.7 Å². The van der Waals surface area contributed by atoms with Gasteiger partial charge in [0, 0.05) is 5.69 Å². The predicted octanol–water partition coefficient (Wildman–Crippen LogP) is 3.93. The van der Waals surface area contributed by atoms with Crippen LogP contribution in [0, 0.1) is 20.8 Å². The van der Waals surface area contributed by atoms with Crippen LogP contribution in [0.5, 0.6) is 0 Å². The predicted molar refractivity (Wildman–Crippen MR) is 84.2 cm³/mol. The van der Waals surface area contributed by atoms with Gasteiger partial charge in [-0.2, -0.15) is 0 Å². The van der Waals surface area contributed by atoms with Gasteiger partial charge in [0.1, 0.15) is 5.82 Å². The molecule has 1 heterocycles. The molecule has 0 unspecified atom stereocenters. The van der Waals surface area contributed by atoms with E-state index in [0.29, 0.717) is 5.69 Å². The molecule has 2 aromatic rings. The maximum Gasteiger partial charge on any atom is 0.411 e. The Morgan fingerprint density at radius 3 is 2.33 bits per heavy atom. The summed E-state index contributed by atoms with van der Waals surface area (Å²) >= 11 is 0. The standard InChI is InChI=1S/C16H19N3O2/c1-10-7-11(2)15(12(3)8-10)19-14-6-5-13(9-17-14)18-16(20)21-4/h5-9H,1-4H3,(H,17,19)(H,18,20). The first-order valence-corrected chi connectivity index (χ1v) is 6.65. The number of aryl methyl sites for hydroxylation is 3. The summed E-state index contributed by atoms with van der Waals surface area (Å²) in [7, 11) is 1.32. The van der Waals surface area contributed by atoms with Crippen molar-refractivity contribution in [3.63, 3.8) is 0 Å². The molecule has 21 heavy (non-hydrogen) atoms. The number of anilines is 3. The average Bonchev–Trinajstić information content (AvgIpc) is 2.44. The van der Waals surface area contributed by atoms with Gasteiger partial charge in [0.05, 0.1) is 19.0 Å². The van der Waals surface area contributed by atoms with Crippen LogP contribution in [-0.2, 0) is 4.74 Å². The number of nitrogens with zero attached hydrogens (tertiary/aromatic N) is 1. The summed E-state index contributed by atoms with van der Waals surface area (Å²) in [5, 5.41) is 5.87. The fourth-order valence-corrected chi connectivity index (χ4v) is 2.22. The molecule has 110 valence electrons. The Bertz CT molecular complexity index is 628. The van der Waals surface area contributed by atoms with Crippen molar-refractivity contribution in [2.75, 3.05) is 17.7 Å². The molecular weight excluding hydrogens is 266 g/mol. The lowest BCUT2D eigenvalue weighted by Gasteiger charge is -2.13. The van der Waals surface area contributed by atoms with E-state index in [4.69, 9.17) is 0 Å². The minimum absolute atomic E-state index is 0.511. The summed E-state index contributed by atoms with van der Waals surface area (Å²) < 4.78 is 4.53. The van der Waals surface area contributed by atoms with E-state index >= 15 is 0 Å². The van der Waals surface area contributed by atoms with Crippen molar-refractivity contribution in [1.82, 2.24) is 4.98 Å². The average molecular weight is 285 g/mol. The Balaban J connectivity index is 2.16. The highest BCUT2D eigenvalue weighted by Crippen LogP contribution is 2.25. The largest absolute Gasteiger partial charge is 0.453 e. The summed E-state index contributed by atoms with van der Waals surface area (Å²) in [6.45, 7) is 6.21. The number of pyridine rings is 1. The molecule has 0 bridgehead atoms. The Kier molecular flexibility index (Phi) is 4.42. The number of hydrogen-bond acceptors (Lipinski definition) is 4. The van der Waals surface area contributed by atoms with Crippen LogP contribution in [-0.4, -0.2) is 18.2 Å². The van der Waals surface area contributed by atoms with Crippen LogP contribution >= 0.6 is 0 Å². The van der Waals surface area contributed by atoms with Crippen LogP contribution in [0.3, 0.4) is 0 Å². The highest BCUT2D eigenvalue weighted by molar-refractivity contribution is 5.84. The number of carbonyl (C=O) groups excluding carboxylic acids is 1. The fraction of sp³-hybridized carbons (Fsp3) is 0.250. The van der Waals surface area contributed by atoms with Gasteiger partial charge < -0.3 is 10.1 Å². The molecule has 0 saturated carbocycles. The third-order valence-electron chi connectivity index (χ3n) is 3.13. The number of rotatable bonds is 3. The molecule has 5 heteroatoms. The highest BCUT2D eigenvalue weighted by atomic mass is 16.5. The van der Waals surface area contributed by atoms with Gasteiger partial charge >= 0.3 is 6.09 Å². The SMILES string of the molecule is COC(=O)Nc1ccc(Nc2c(C)cc(C)cc2C)nc1. The van der Waals surface area contributed by atoms with Gasteiger partial charge in [0.15, 0.2) is 0 Å². The van der Waals surface area contributed by atoms with Gasteiger partial charge in [-0.25, -0.2) is 9.78 Å². The zero-order valence-corrected chi connectivity index (χ0v) is 12.7. The molecule has 1 aromatic heterocycles. The van der Waals surface area contributed by atoms with Crippen LogP contribution in [0.25, 0.3) is 0 Å². The highest BCUT2D eigenvalue weighted by Gasteiger charge is 2.06. The Morgan fingerprint density at radius 1 is 1.14 bits per heavy atom. The number of benzene rings is 1. The monoisotopic (exact) mass is 285 g/mol. The van der Waals surface area contributed by atoms with Gasteiger partial charge in [-0.05, 0) is 44.0 Å². The lowest BCUT2D eigenvalue weighted by atomic mass is 10.1. The number of hydrogen-bond donors (Lipinski definition) is 2. The molecule has 1 amide bonds. The molecule has 2 rings (SSSR count). The summed E-state index contributed by atoms with van der Waals surface area (Å²) in [6, 6.07) is 7.83. The lowest BCUT2D eigenvalue weighted by Crippen LogP contribution is -2.11. The lowest BCUT2D eigenvalue weighted by molar-refractivity contribution is 0.187. The van der Waals surface area contributed by atoms with E-state index in [1.165, 1.54) is 23.8 Å². The molecule has 0 spiro atoms. The van der Waals surface area contributed by atoms with Gasteiger partial charge in [-0.1, -0.05) is 17.7 Å². The number of methoxy groups -OCH3 is 1. The Labute approximate surface area is 124 Å². The summed E-state index contributed by atoms with van der Waals surface area (Å²) in [5.41, 5.74) is 5.23. The molecule has 0 radical (unpaired) electrons. The minimum Gasteiger partial charge on any atom is -0.453 e. The van der Waals surface area contributed by atoms with Crippen LogP contribution in [0.4, 0.5) is 22.0 Å². The summed E-state index contributed by atoms with van der Waals surface area (Å²) in [6.07, 6.45) is 1.07. The molecular formula is C16H19N3O2. The van der Waals surface area contributed by atoms with E-state index in [1.807, 2.05) is 6.07 Å². The number of amides is 1. The molecule has 0 saturated heterocycles. The van der Waals surface area contributed by atoms with E-state index in [0.717, 1.165) is 11.5 Å². The van der Waals surface area contributed by atoms with E-state index in [1.54, 1.807) is 12.3 Å². The number of ether oxygens (including phenoxy) is 1. The van der Waals surface area contributed by atoms with E-state index in [-0.39, 0.29) is 0 Å². The molecule has 0 aliphatic carbocycles. The molecule has 0 atom stereocenters. The summed E-state index contributed by atoms with van der Waals surface area (Å²) in [5.74, 6) is 0.723. The number of nitrogens with one attached hydrogen (secondary N) is 2. The zero-order chi connectivity index (χ0) is 15.4. The molecule has 2 N–H and O–H groups in total. The van der Waals surface area contributed by atoms with Gasteiger partial charge in [0.25, 0.3) is 0 Å². The first-order chi connectivity index (χ1) is 9.99. The van der Waals surface area contributed by atoms with Crippen molar-refractivity contribution in [2.45, 2.75) is 20.8 Å². The Morgan fingerprint density at radius 2 is 1.81 bits per heavy atom. The second-order valence-corrected chi connectivity index (χ2v) is 4.95.